The van der Waals surface area contributed by atoms with E-state index < -0.39 is 0 Å². The van der Waals surface area contributed by atoms with Gasteiger partial charge in [0.1, 0.15) is 0 Å². The van der Waals surface area contributed by atoms with Crippen molar-refractivity contribution in [3.63, 3.8) is 0 Å². The van der Waals surface area contributed by atoms with Crippen molar-refractivity contribution in [2.45, 2.75) is 45.2 Å². The molecule has 0 unspecified atom stereocenters. The van der Waals surface area contributed by atoms with Gasteiger partial charge in [0.2, 0.25) is 0 Å². The summed E-state index contributed by atoms with van der Waals surface area (Å²) >= 11 is 0. The van der Waals surface area contributed by atoms with Gasteiger partial charge in [0.05, 0.1) is 11.2 Å². The Morgan fingerprint density at radius 1 is 1.06 bits per heavy atom. The second-order valence-electron chi connectivity index (χ2n) is 4.91. The molecule has 0 radical (unpaired) electrons. The Labute approximate surface area is 97.2 Å². The quantitative estimate of drug-likeness (QED) is 0.566. The molecule has 0 saturated carbocycles. The summed E-state index contributed by atoms with van der Waals surface area (Å²) in [7, 11) is -0.292. The van der Waals surface area contributed by atoms with Crippen molar-refractivity contribution in [3.8, 4) is 0 Å². The summed E-state index contributed by atoms with van der Waals surface area (Å²) in [6.45, 7) is 8.02. The number of hydrogen-bond acceptors (Lipinski definition) is 4. The molecule has 0 aliphatic carbocycles. The number of rotatable bonds is 4. The van der Waals surface area contributed by atoms with E-state index in [1.807, 2.05) is 27.7 Å². The molecule has 1 heterocycles. The Balaban J connectivity index is 2.64. The predicted octanol–water partition coefficient (Wildman–Crippen LogP) is 2.30. The fourth-order valence-electron chi connectivity index (χ4n) is 1.45. The van der Waals surface area contributed by atoms with Crippen molar-refractivity contribution >= 4 is 19.5 Å². The highest BCUT2D eigenvalue weighted by Gasteiger charge is 2.50. The van der Waals surface area contributed by atoms with Crippen molar-refractivity contribution in [3.05, 3.63) is 11.6 Å². The molecule has 0 atom stereocenters. The topological polar surface area (TPSA) is 66.2 Å². The fraction of sp³-hybridized carbons (Fsp3) is 0.636. The average molecular weight is 222 g/mol. The summed E-state index contributed by atoms with van der Waals surface area (Å²) in [4.78, 5) is 0. The van der Waals surface area contributed by atoms with Crippen LogP contribution in [0.1, 0.15) is 27.7 Å². The third-order valence-electron chi connectivity index (χ3n) is 3.18. The van der Waals surface area contributed by atoms with Crippen molar-refractivity contribution in [1.29, 1.82) is 10.8 Å². The van der Waals surface area contributed by atoms with Crippen LogP contribution in [0.25, 0.3) is 0 Å². The molecular weight excluding hydrogens is 203 g/mol. The van der Waals surface area contributed by atoms with Crippen LogP contribution in [0.15, 0.2) is 11.6 Å². The van der Waals surface area contributed by atoms with Gasteiger partial charge in [-0.05, 0) is 27.7 Å². The SMILES string of the molecule is CC1(C)OB(CC=C(C=N)C=N)OC1(C)C. The van der Waals surface area contributed by atoms with Crippen molar-refractivity contribution in [2.75, 3.05) is 0 Å². The van der Waals surface area contributed by atoms with E-state index in [4.69, 9.17) is 20.1 Å². The first kappa shape index (κ1) is 13.1. The lowest BCUT2D eigenvalue weighted by molar-refractivity contribution is 0.00578. The minimum Gasteiger partial charge on any atom is -0.403 e. The maximum Gasteiger partial charge on any atom is 0.461 e. The molecule has 1 aliphatic heterocycles. The Hall–Kier alpha value is -0.935. The number of nitrogens with one attached hydrogen (secondary N) is 2. The van der Waals surface area contributed by atoms with E-state index in [-0.39, 0.29) is 18.3 Å². The van der Waals surface area contributed by atoms with Crippen molar-refractivity contribution in [2.24, 2.45) is 0 Å². The standard InChI is InChI=1S/C11H19BN2O2/c1-10(2)11(3,4)16-12(15-10)6-5-9(7-13)8-14/h5,7-8,13-14H,6H2,1-4H3. The molecule has 0 aromatic heterocycles. The van der Waals surface area contributed by atoms with Gasteiger partial charge in [-0.25, -0.2) is 0 Å². The maximum absolute atomic E-state index is 7.06. The van der Waals surface area contributed by atoms with Crippen LogP contribution in [-0.4, -0.2) is 30.7 Å². The van der Waals surface area contributed by atoms with Gasteiger partial charge in [0.25, 0.3) is 0 Å². The molecule has 16 heavy (non-hydrogen) atoms. The van der Waals surface area contributed by atoms with Gasteiger partial charge in [0, 0.05) is 24.3 Å². The average Bonchev–Trinajstić information content (AvgIpc) is 2.37. The number of hydrogen-bond donors (Lipinski definition) is 2. The van der Waals surface area contributed by atoms with Crippen LogP contribution in [0, 0.1) is 10.8 Å². The van der Waals surface area contributed by atoms with Crippen LogP contribution in [0.3, 0.4) is 0 Å². The summed E-state index contributed by atoms with van der Waals surface area (Å²) < 4.78 is 11.6. The molecule has 0 bridgehead atoms. The molecule has 0 aromatic carbocycles. The molecule has 1 saturated heterocycles. The zero-order chi connectivity index (χ0) is 12.4. The summed E-state index contributed by atoms with van der Waals surface area (Å²) in [5, 5.41) is 14.1. The summed E-state index contributed by atoms with van der Waals surface area (Å²) in [5.41, 5.74) is -0.0723. The molecule has 1 fully saturated rings. The largest absolute Gasteiger partial charge is 0.461 e. The molecule has 88 valence electrons. The molecule has 0 amide bonds. The van der Waals surface area contributed by atoms with E-state index >= 15 is 0 Å². The maximum atomic E-state index is 7.06. The first-order valence-electron chi connectivity index (χ1n) is 5.39. The van der Waals surface area contributed by atoms with E-state index in [2.05, 4.69) is 0 Å². The molecule has 5 heteroatoms. The van der Waals surface area contributed by atoms with Crippen LogP contribution < -0.4 is 0 Å². The Morgan fingerprint density at radius 3 is 1.88 bits per heavy atom. The highest BCUT2D eigenvalue weighted by atomic mass is 16.7. The second kappa shape index (κ2) is 4.51. The monoisotopic (exact) mass is 222 g/mol. The highest BCUT2D eigenvalue weighted by Crippen LogP contribution is 2.37. The van der Waals surface area contributed by atoms with Crippen LogP contribution in [0.5, 0.6) is 0 Å². The van der Waals surface area contributed by atoms with Gasteiger partial charge in [-0.3, -0.25) is 0 Å². The van der Waals surface area contributed by atoms with Crippen molar-refractivity contribution in [1.82, 2.24) is 0 Å². The van der Waals surface area contributed by atoms with E-state index in [0.717, 1.165) is 12.4 Å². The second-order valence-corrected chi connectivity index (χ2v) is 4.91. The van der Waals surface area contributed by atoms with E-state index in [1.165, 1.54) is 0 Å². The number of allylic oxidation sites excluding steroid dienone is 2. The molecule has 1 aliphatic rings. The van der Waals surface area contributed by atoms with Crippen LogP contribution in [-0.2, 0) is 9.31 Å². The Morgan fingerprint density at radius 2 is 1.50 bits per heavy atom. The summed E-state index contributed by atoms with van der Waals surface area (Å²) in [5.74, 6) is 0. The normalized spacial score (nSPS) is 21.6. The predicted molar refractivity (Wildman–Crippen MR) is 66.5 cm³/mol. The fourth-order valence-corrected chi connectivity index (χ4v) is 1.45. The zero-order valence-corrected chi connectivity index (χ0v) is 10.3. The molecule has 0 spiro atoms. The molecule has 2 N–H and O–H groups in total. The molecule has 4 nitrogen and oxygen atoms in total. The van der Waals surface area contributed by atoms with Crippen LogP contribution >= 0.6 is 0 Å². The minimum atomic E-state index is -0.318. The smallest absolute Gasteiger partial charge is 0.403 e. The molecule has 1 rings (SSSR count). The third kappa shape index (κ3) is 2.60. The lowest BCUT2D eigenvalue weighted by Gasteiger charge is -2.32. The summed E-state index contributed by atoms with van der Waals surface area (Å²) in [6.07, 6.45) is 4.64. The van der Waals surface area contributed by atoms with E-state index in [1.54, 1.807) is 6.08 Å². The zero-order valence-electron chi connectivity index (χ0n) is 10.3. The minimum absolute atomic E-state index is 0.292. The van der Waals surface area contributed by atoms with Gasteiger partial charge in [-0.15, -0.1) is 0 Å². The third-order valence-corrected chi connectivity index (χ3v) is 3.18. The first-order valence-corrected chi connectivity index (χ1v) is 5.39. The molecule has 0 aromatic rings. The van der Waals surface area contributed by atoms with Gasteiger partial charge in [-0.1, -0.05) is 6.08 Å². The first-order chi connectivity index (χ1) is 7.32. The van der Waals surface area contributed by atoms with Gasteiger partial charge >= 0.3 is 7.12 Å². The highest BCUT2D eigenvalue weighted by molar-refractivity contribution is 6.46. The van der Waals surface area contributed by atoms with Crippen molar-refractivity contribution < 1.29 is 9.31 Å². The summed E-state index contributed by atoms with van der Waals surface area (Å²) in [6, 6.07) is 0. The van der Waals surface area contributed by atoms with Crippen LogP contribution in [0.4, 0.5) is 0 Å². The van der Waals surface area contributed by atoms with Gasteiger partial charge in [-0.2, -0.15) is 0 Å². The van der Waals surface area contributed by atoms with Crippen LogP contribution in [0.2, 0.25) is 6.32 Å². The Bertz CT molecular complexity index is 298. The van der Waals surface area contributed by atoms with Gasteiger partial charge < -0.3 is 20.1 Å². The lowest BCUT2D eigenvalue weighted by Crippen LogP contribution is -2.41. The van der Waals surface area contributed by atoms with E-state index in [0.29, 0.717) is 11.9 Å². The van der Waals surface area contributed by atoms with E-state index in [9.17, 15) is 0 Å². The Kier molecular flexibility index (Phi) is 3.70. The molecular formula is C11H19BN2O2. The van der Waals surface area contributed by atoms with Gasteiger partial charge in [0.15, 0.2) is 0 Å². The lowest BCUT2D eigenvalue weighted by atomic mass is 9.84.